The molecule has 2 aromatic rings. The number of ether oxygens (including phenoxy) is 1. The molecule has 1 aromatic carbocycles. The molecular formula is C29H38N2O3. The molecule has 4 atom stereocenters. The van der Waals surface area contributed by atoms with E-state index in [0.717, 1.165) is 57.2 Å². The van der Waals surface area contributed by atoms with Crippen molar-refractivity contribution in [3.63, 3.8) is 0 Å². The molecule has 3 aliphatic rings. The van der Waals surface area contributed by atoms with Crippen molar-refractivity contribution in [3.8, 4) is 0 Å². The van der Waals surface area contributed by atoms with E-state index in [1.54, 1.807) is 0 Å². The Morgan fingerprint density at radius 3 is 2.82 bits per heavy atom. The maximum Gasteiger partial charge on any atom is 0.325 e. The van der Waals surface area contributed by atoms with Crippen molar-refractivity contribution in [2.75, 3.05) is 19.7 Å². The van der Waals surface area contributed by atoms with Gasteiger partial charge in [-0.15, -0.1) is 0 Å². The van der Waals surface area contributed by atoms with Gasteiger partial charge >= 0.3 is 5.97 Å². The van der Waals surface area contributed by atoms with Crippen LogP contribution in [0.3, 0.4) is 0 Å². The highest BCUT2D eigenvalue weighted by atomic mass is 16.5. The largest absolute Gasteiger partial charge is 0.480 e. The Kier molecular flexibility index (Phi) is 7.31. The maximum atomic E-state index is 12.3. The number of carbonyl (C=O) groups is 1. The molecule has 0 spiro atoms. The van der Waals surface area contributed by atoms with Gasteiger partial charge in [-0.3, -0.25) is 14.7 Å². The van der Waals surface area contributed by atoms with E-state index in [1.807, 2.05) is 18.2 Å². The number of carboxylic acids is 1. The molecule has 1 saturated carbocycles. The van der Waals surface area contributed by atoms with Gasteiger partial charge in [-0.05, 0) is 92.4 Å². The fraction of sp³-hybridized carbons (Fsp3) is 0.586. The molecule has 5 rings (SSSR count). The van der Waals surface area contributed by atoms with Crippen LogP contribution in [0.5, 0.6) is 0 Å². The third-order valence-electron chi connectivity index (χ3n) is 7.99. The van der Waals surface area contributed by atoms with E-state index >= 15 is 0 Å². The number of benzene rings is 1. The number of rotatable bonds is 10. The third kappa shape index (κ3) is 5.36. The van der Waals surface area contributed by atoms with Crippen molar-refractivity contribution >= 4 is 5.97 Å². The number of aryl methyl sites for hydroxylation is 3. The fourth-order valence-electron chi connectivity index (χ4n) is 5.89. The van der Waals surface area contributed by atoms with Crippen molar-refractivity contribution in [1.82, 2.24) is 9.88 Å². The van der Waals surface area contributed by atoms with Crippen LogP contribution >= 0.6 is 0 Å². The number of aliphatic carboxylic acids is 1. The van der Waals surface area contributed by atoms with Crippen molar-refractivity contribution in [3.05, 3.63) is 64.5 Å². The molecule has 2 fully saturated rings. The number of carboxylic acid groups (broad SMARTS) is 1. The van der Waals surface area contributed by atoms with Gasteiger partial charge in [0.2, 0.25) is 0 Å². The Morgan fingerprint density at radius 1 is 1.18 bits per heavy atom. The number of fused-ring (bicyclic) bond motifs is 1. The van der Waals surface area contributed by atoms with Crippen LogP contribution in [0.15, 0.2) is 36.4 Å². The minimum atomic E-state index is -0.751. The maximum absolute atomic E-state index is 12.3. The molecule has 2 aliphatic carbocycles. The zero-order valence-electron chi connectivity index (χ0n) is 20.4. The molecule has 5 heteroatoms. The average molecular weight is 463 g/mol. The van der Waals surface area contributed by atoms with Gasteiger partial charge in [-0.2, -0.15) is 0 Å². The highest BCUT2D eigenvalue weighted by Gasteiger charge is 2.40. The molecular weight excluding hydrogens is 424 g/mol. The van der Waals surface area contributed by atoms with Crippen LogP contribution in [0.2, 0.25) is 0 Å². The first-order valence-corrected chi connectivity index (χ1v) is 13.2. The van der Waals surface area contributed by atoms with Crippen molar-refractivity contribution in [1.29, 1.82) is 0 Å². The Bertz CT molecular complexity index is 1010. The predicted octanol–water partition coefficient (Wildman–Crippen LogP) is 5.32. The molecule has 5 nitrogen and oxygen atoms in total. The monoisotopic (exact) mass is 462 g/mol. The number of nitrogens with zero attached hydrogens (tertiary/aromatic N) is 2. The number of hydrogen-bond acceptors (Lipinski definition) is 4. The minimum Gasteiger partial charge on any atom is -0.480 e. The number of pyridine rings is 1. The highest BCUT2D eigenvalue weighted by molar-refractivity contribution is 5.76. The van der Waals surface area contributed by atoms with E-state index in [2.05, 4.69) is 30.0 Å². The predicted molar refractivity (Wildman–Crippen MR) is 133 cm³/mol. The van der Waals surface area contributed by atoms with Gasteiger partial charge in [0.05, 0.1) is 6.10 Å². The Balaban J connectivity index is 1.09. The van der Waals surface area contributed by atoms with Gasteiger partial charge in [0.25, 0.3) is 0 Å². The standard InChI is InChI=1S/C29H38N2O3/c1-20-18-26(20)24-10-3-4-11-25(24)28(29(32)33)31-16-15-23(19-31)34-17-7-6-9-22-14-13-21-8-2-5-12-27(21)30-22/h3-4,10-11,13-14,20,23,26,28H,2,5-9,12,15-19H2,1H3,(H,32,33)/t20-,23-,26+,28?/m1/s1. The third-order valence-corrected chi connectivity index (χ3v) is 7.99. The second-order valence-corrected chi connectivity index (χ2v) is 10.5. The van der Waals surface area contributed by atoms with Crippen LogP contribution in [0.4, 0.5) is 0 Å². The molecule has 0 radical (unpaired) electrons. The van der Waals surface area contributed by atoms with E-state index in [-0.39, 0.29) is 6.10 Å². The summed E-state index contributed by atoms with van der Waals surface area (Å²) in [5.41, 5.74) is 6.17. The quantitative estimate of drug-likeness (QED) is 0.484. The molecule has 0 amide bonds. The number of hydrogen-bond donors (Lipinski definition) is 1. The van der Waals surface area contributed by atoms with Crippen LogP contribution in [0.25, 0.3) is 0 Å². The van der Waals surface area contributed by atoms with E-state index in [9.17, 15) is 9.90 Å². The second kappa shape index (κ2) is 10.6. The molecule has 1 unspecified atom stereocenters. The smallest absolute Gasteiger partial charge is 0.325 e. The summed E-state index contributed by atoms with van der Waals surface area (Å²) in [4.78, 5) is 19.3. The van der Waals surface area contributed by atoms with Crippen LogP contribution in [0, 0.1) is 5.92 Å². The fourth-order valence-corrected chi connectivity index (χ4v) is 5.89. The highest BCUT2D eigenvalue weighted by Crippen LogP contribution is 2.49. The second-order valence-electron chi connectivity index (χ2n) is 10.5. The van der Waals surface area contributed by atoms with Crippen LogP contribution in [-0.4, -0.2) is 46.8 Å². The van der Waals surface area contributed by atoms with Crippen molar-refractivity contribution in [2.24, 2.45) is 5.92 Å². The first kappa shape index (κ1) is 23.5. The Labute approximate surface area is 203 Å². The molecule has 1 saturated heterocycles. The topological polar surface area (TPSA) is 62.7 Å². The van der Waals surface area contributed by atoms with Gasteiger partial charge in [0.15, 0.2) is 0 Å². The summed E-state index contributed by atoms with van der Waals surface area (Å²) in [6, 6.07) is 12.1. The first-order chi connectivity index (χ1) is 16.6. The molecule has 1 N–H and O–H groups in total. The Morgan fingerprint density at radius 2 is 2.00 bits per heavy atom. The lowest BCUT2D eigenvalue weighted by Gasteiger charge is -2.26. The minimum absolute atomic E-state index is 0.121. The van der Waals surface area contributed by atoms with Crippen LogP contribution < -0.4 is 0 Å². The van der Waals surface area contributed by atoms with Crippen molar-refractivity contribution in [2.45, 2.75) is 82.8 Å². The molecule has 34 heavy (non-hydrogen) atoms. The van der Waals surface area contributed by atoms with Crippen molar-refractivity contribution < 1.29 is 14.6 Å². The first-order valence-electron chi connectivity index (χ1n) is 13.2. The lowest BCUT2D eigenvalue weighted by Crippen LogP contribution is -2.34. The summed E-state index contributed by atoms with van der Waals surface area (Å²) in [6.45, 7) is 4.45. The number of aromatic nitrogens is 1. The van der Waals surface area contributed by atoms with Gasteiger partial charge in [-0.1, -0.05) is 37.3 Å². The summed E-state index contributed by atoms with van der Waals surface area (Å²) >= 11 is 0. The lowest BCUT2D eigenvalue weighted by atomic mass is 9.95. The summed E-state index contributed by atoms with van der Waals surface area (Å²) in [6.07, 6.45) is 10.2. The molecule has 182 valence electrons. The summed E-state index contributed by atoms with van der Waals surface area (Å²) < 4.78 is 6.18. The van der Waals surface area contributed by atoms with Gasteiger partial charge < -0.3 is 9.84 Å². The number of unbranched alkanes of at least 4 members (excludes halogenated alkanes) is 1. The lowest BCUT2D eigenvalue weighted by molar-refractivity contribution is -0.143. The van der Waals surface area contributed by atoms with Crippen LogP contribution in [0.1, 0.15) is 85.5 Å². The van der Waals surface area contributed by atoms with E-state index in [0.29, 0.717) is 18.4 Å². The SMILES string of the molecule is C[C@@H]1C[C@@H]1c1ccccc1C(C(=O)O)N1CC[C@@H](OCCCCc2ccc3c(n2)CCCC3)C1. The zero-order valence-corrected chi connectivity index (χ0v) is 20.4. The number of likely N-dealkylation sites (tertiary alicyclic amines) is 1. The zero-order chi connectivity index (χ0) is 23.5. The molecule has 1 aromatic heterocycles. The van der Waals surface area contributed by atoms with Crippen LogP contribution in [-0.2, 0) is 28.8 Å². The summed E-state index contributed by atoms with van der Waals surface area (Å²) in [5, 5.41) is 10.1. The van der Waals surface area contributed by atoms with Gasteiger partial charge in [0, 0.05) is 31.1 Å². The Hall–Kier alpha value is -2.24. The van der Waals surface area contributed by atoms with E-state index < -0.39 is 12.0 Å². The molecule has 2 heterocycles. The van der Waals surface area contributed by atoms with Gasteiger partial charge in [-0.25, -0.2) is 0 Å². The van der Waals surface area contributed by atoms with E-state index in [1.165, 1.54) is 41.8 Å². The molecule has 1 aliphatic heterocycles. The normalized spacial score (nSPS) is 25.1. The van der Waals surface area contributed by atoms with Gasteiger partial charge in [0.1, 0.15) is 6.04 Å². The average Bonchev–Trinajstić information content (AvgIpc) is 3.39. The summed E-state index contributed by atoms with van der Waals surface area (Å²) in [7, 11) is 0. The van der Waals surface area contributed by atoms with E-state index in [4.69, 9.17) is 9.72 Å². The molecule has 0 bridgehead atoms. The summed E-state index contributed by atoms with van der Waals surface area (Å²) in [5.74, 6) is 0.415.